The molecular weight excluding hydrogens is 246 g/mol. The molecule has 0 saturated heterocycles. The molecular formula is C13H21N3O3. The van der Waals surface area contributed by atoms with Crippen molar-refractivity contribution in [3.63, 3.8) is 0 Å². The number of nitrogens with zero attached hydrogens (tertiary/aromatic N) is 2. The van der Waals surface area contributed by atoms with Crippen LogP contribution in [-0.4, -0.2) is 42.4 Å². The standard InChI is InChI=1S/C13H21N3O3/c1-4-19-13(18)10-7-12(15-8-11(10)14)16(3)6-5-9(2)17/h7-9,17H,4-6,14H2,1-3H3. The zero-order chi connectivity index (χ0) is 14.4. The molecule has 0 aliphatic rings. The van der Waals surface area contributed by atoms with Gasteiger partial charge in [0, 0.05) is 13.6 Å². The Labute approximate surface area is 113 Å². The van der Waals surface area contributed by atoms with E-state index in [1.54, 1.807) is 19.9 Å². The smallest absolute Gasteiger partial charge is 0.340 e. The summed E-state index contributed by atoms with van der Waals surface area (Å²) in [5.41, 5.74) is 6.33. The average molecular weight is 267 g/mol. The third-order valence-electron chi connectivity index (χ3n) is 2.69. The van der Waals surface area contributed by atoms with Gasteiger partial charge in [-0.1, -0.05) is 0 Å². The zero-order valence-corrected chi connectivity index (χ0v) is 11.6. The number of carbonyl (C=O) groups is 1. The molecule has 1 aromatic heterocycles. The number of pyridine rings is 1. The van der Waals surface area contributed by atoms with Gasteiger partial charge in [-0.25, -0.2) is 9.78 Å². The molecule has 6 heteroatoms. The highest BCUT2D eigenvalue weighted by molar-refractivity contribution is 5.95. The number of hydrogen-bond acceptors (Lipinski definition) is 6. The first-order valence-electron chi connectivity index (χ1n) is 6.27. The molecule has 0 aliphatic carbocycles. The van der Waals surface area contributed by atoms with Crippen molar-refractivity contribution in [2.45, 2.75) is 26.4 Å². The van der Waals surface area contributed by atoms with E-state index in [0.717, 1.165) is 0 Å². The number of aliphatic hydroxyl groups excluding tert-OH is 1. The predicted octanol–water partition coefficient (Wildman–Crippen LogP) is 1.05. The van der Waals surface area contributed by atoms with E-state index >= 15 is 0 Å². The Bertz CT molecular complexity index is 435. The maximum Gasteiger partial charge on any atom is 0.340 e. The van der Waals surface area contributed by atoms with E-state index in [9.17, 15) is 9.90 Å². The first kappa shape index (κ1) is 15.2. The number of aromatic nitrogens is 1. The van der Waals surface area contributed by atoms with Crippen LogP contribution >= 0.6 is 0 Å². The molecule has 0 aromatic carbocycles. The predicted molar refractivity (Wildman–Crippen MR) is 74.2 cm³/mol. The van der Waals surface area contributed by atoms with Crippen LogP contribution in [0, 0.1) is 0 Å². The van der Waals surface area contributed by atoms with Crippen LogP contribution in [0.5, 0.6) is 0 Å². The molecule has 106 valence electrons. The van der Waals surface area contributed by atoms with E-state index in [2.05, 4.69) is 4.98 Å². The minimum atomic E-state index is -0.451. The molecule has 0 amide bonds. The second-order valence-electron chi connectivity index (χ2n) is 4.41. The highest BCUT2D eigenvalue weighted by Gasteiger charge is 2.14. The summed E-state index contributed by atoms with van der Waals surface area (Å²) in [5, 5.41) is 9.26. The van der Waals surface area contributed by atoms with Gasteiger partial charge < -0.3 is 20.5 Å². The molecule has 19 heavy (non-hydrogen) atoms. The molecule has 0 fully saturated rings. The highest BCUT2D eigenvalue weighted by atomic mass is 16.5. The largest absolute Gasteiger partial charge is 0.462 e. The number of nitrogen functional groups attached to an aromatic ring is 1. The lowest BCUT2D eigenvalue weighted by Gasteiger charge is -2.19. The summed E-state index contributed by atoms with van der Waals surface area (Å²) in [6.07, 6.45) is 1.69. The first-order valence-corrected chi connectivity index (χ1v) is 6.27. The Balaban J connectivity index is 2.86. The van der Waals surface area contributed by atoms with Crippen LogP contribution in [0.15, 0.2) is 12.3 Å². The monoisotopic (exact) mass is 267 g/mol. The Morgan fingerprint density at radius 3 is 2.89 bits per heavy atom. The van der Waals surface area contributed by atoms with Crippen molar-refractivity contribution in [3.8, 4) is 0 Å². The maximum atomic E-state index is 11.7. The zero-order valence-electron chi connectivity index (χ0n) is 11.6. The fourth-order valence-electron chi connectivity index (χ4n) is 1.54. The Morgan fingerprint density at radius 1 is 1.63 bits per heavy atom. The summed E-state index contributed by atoms with van der Waals surface area (Å²) < 4.78 is 4.94. The molecule has 0 bridgehead atoms. The number of ether oxygens (including phenoxy) is 1. The van der Waals surface area contributed by atoms with Crippen molar-refractivity contribution >= 4 is 17.5 Å². The Hall–Kier alpha value is -1.82. The van der Waals surface area contributed by atoms with E-state index in [1.165, 1.54) is 6.20 Å². The summed E-state index contributed by atoms with van der Waals surface area (Å²) in [7, 11) is 1.84. The lowest BCUT2D eigenvalue weighted by molar-refractivity contribution is 0.0527. The Morgan fingerprint density at radius 2 is 2.32 bits per heavy atom. The lowest BCUT2D eigenvalue weighted by Crippen LogP contribution is -2.23. The molecule has 0 radical (unpaired) electrons. The van der Waals surface area contributed by atoms with Gasteiger partial charge in [0.2, 0.25) is 0 Å². The lowest BCUT2D eigenvalue weighted by atomic mass is 10.2. The van der Waals surface area contributed by atoms with Crippen molar-refractivity contribution in [1.29, 1.82) is 0 Å². The minimum absolute atomic E-state index is 0.297. The van der Waals surface area contributed by atoms with Crippen molar-refractivity contribution in [1.82, 2.24) is 4.98 Å². The highest BCUT2D eigenvalue weighted by Crippen LogP contribution is 2.18. The maximum absolute atomic E-state index is 11.7. The van der Waals surface area contributed by atoms with Crippen molar-refractivity contribution in [2.75, 3.05) is 30.8 Å². The number of esters is 1. The van der Waals surface area contributed by atoms with Crippen LogP contribution in [0.3, 0.4) is 0 Å². The van der Waals surface area contributed by atoms with Gasteiger partial charge in [0.05, 0.1) is 30.2 Å². The summed E-state index contributed by atoms with van der Waals surface area (Å²) in [6, 6.07) is 1.61. The van der Waals surface area contributed by atoms with Crippen LogP contribution in [0.4, 0.5) is 11.5 Å². The van der Waals surface area contributed by atoms with Crippen molar-refractivity contribution in [2.24, 2.45) is 0 Å². The van der Waals surface area contributed by atoms with Gasteiger partial charge in [-0.2, -0.15) is 0 Å². The third-order valence-corrected chi connectivity index (χ3v) is 2.69. The summed E-state index contributed by atoms with van der Waals surface area (Å²) in [4.78, 5) is 17.7. The molecule has 0 saturated carbocycles. The second kappa shape index (κ2) is 6.94. The van der Waals surface area contributed by atoms with Crippen LogP contribution in [0.2, 0.25) is 0 Å². The quantitative estimate of drug-likeness (QED) is 0.749. The molecule has 6 nitrogen and oxygen atoms in total. The number of anilines is 2. The molecule has 1 unspecified atom stereocenters. The third kappa shape index (κ3) is 4.40. The van der Waals surface area contributed by atoms with E-state index in [-0.39, 0.29) is 6.10 Å². The molecule has 0 spiro atoms. The SMILES string of the molecule is CCOC(=O)c1cc(N(C)CCC(C)O)ncc1N. The molecule has 1 heterocycles. The second-order valence-corrected chi connectivity index (χ2v) is 4.41. The number of carbonyl (C=O) groups excluding carboxylic acids is 1. The van der Waals surface area contributed by atoms with E-state index in [4.69, 9.17) is 10.5 Å². The van der Waals surface area contributed by atoms with Gasteiger partial charge in [0.25, 0.3) is 0 Å². The van der Waals surface area contributed by atoms with Gasteiger partial charge in [-0.3, -0.25) is 0 Å². The number of rotatable bonds is 6. The number of aliphatic hydroxyl groups is 1. The van der Waals surface area contributed by atoms with Crippen molar-refractivity contribution in [3.05, 3.63) is 17.8 Å². The van der Waals surface area contributed by atoms with Crippen LogP contribution < -0.4 is 10.6 Å². The molecule has 3 N–H and O–H groups in total. The minimum Gasteiger partial charge on any atom is -0.462 e. The van der Waals surface area contributed by atoms with E-state index in [0.29, 0.717) is 36.6 Å². The average Bonchev–Trinajstić information content (AvgIpc) is 2.36. The van der Waals surface area contributed by atoms with Gasteiger partial charge in [0.1, 0.15) is 5.82 Å². The van der Waals surface area contributed by atoms with Crippen LogP contribution in [-0.2, 0) is 4.74 Å². The molecule has 1 rings (SSSR count). The fraction of sp³-hybridized carbons (Fsp3) is 0.538. The molecule has 1 atom stereocenters. The van der Waals surface area contributed by atoms with E-state index in [1.807, 2.05) is 11.9 Å². The topological polar surface area (TPSA) is 88.7 Å². The summed E-state index contributed by atoms with van der Waals surface area (Å²) >= 11 is 0. The molecule has 0 aliphatic heterocycles. The normalized spacial score (nSPS) is 12.0. The fourth-order valence-corrected chi connectivity index (χ4v) is 1.54. The van der Waals surface area contributed by atoms with Gasteiger partial charge in [-0.15, -0.1) is 0 Å². The summed E-state index contributed by atoms with van der Waals surface area (Å²) in [5.74, 6) is 0.172. The Kier molecular flexibility index (Phi) is 5.57. The van der Waals surface area contributed by atoms with Crippen LogP contribution in [0.1, 0.15) is 30.6 Å². The van der Waals surface area contributed by atoms with Gasteiger partial charge >= 0.3 is 5.97 Å². The first-order chi connectivity index (χ1) is 8.95. The van der Waals surface area contributed by atoms with Crippen LogP contribution in [0.25, 0.3) is 0 Å². The molecule has 1 aromatic rings. The van der Waals surface area contributed by atoms with E-state index < -0.39 is 5.97 Å². The van der Waals surface area contributed by atoms with Crippen molar-refractivity contribution < 1.29 is 14.6 Å². The van der Waals surface area contributed by atoms with Gasteiger partial charge in [-0.05, 0) is 26.3 Å². The van der Waals surface area contributed by atoms with Gasteiger partial charge in [0.15, 0.2) is 0 Å². The number of hydrogen-bond donors (Lipinski definition) is 2. The number of nitrogens with two attached hydrogens (primary N) is 1. The summed E-state index contributed by atoms with van der Waals surface area (Å²) in [6.45, 7) is 4.41.